The number of nitroso groups, excluding NO2 is 1. The number of amides is 1. The lowest BCUT2D eigenvalue weighted by Crippen LogP contribution is -2.26. The van der Waals surface area contributed by atoms with E-state index >= 15 is 0 Å². The van der Waals surface area contributed by atoms with Crippen LogP contribution in [0.4, 0.5) is 11.4 Å². The molecule has 0 bridgehead atoms. The lowest BCUT2D eigenvalue weighted by molar-refractivity contribution is -0.394. The number of rotatable bonds is 7. The van der Waals surface area contributed by atoms with E-state index in [1.165, 1.54) is 0 Å². The third kappa shape index (κ3) is 4.03. The number of nitro groups is 2. The van der Waals surface area contributed by atoms with Gasteiger partial charge in [-0.05, 0) is 6.42 Å². The number of carbonyl (C=O) groups is 1. The lowest BCUT2D eigenvalue weighted by Gasteiger charge is -2.12. The zero-order valence-corrected chi connectivity index (χ0v) is 11.1. The van der Waals surface area contributed by atoms with E-state index in [-0.39, 0.29) is 12.1 Å². The van der Waals surface area contributed by atoms with E-state index in [2.05, 4.69) is 5.29 Å². The molecule has 1 aromatic rings. The molecule has 112 valence electrons. The van der Waals surface area contributed by atoms with Gasteiger partial charge in [-0.25, -0.2) is 0 Å². The molecule has 0 unspecified atom stereocenters. The Morgan fingerprint density at radius 2 is 1.71 bits per heavy atom. The Kier molecular flexibility index (Phi) is 5.40. The van der Waals surface area contributed by atoms with Crippen molar-refractivity contribution in [2.75, 3.05) is 6.54 Å². The van der Waals surface area contributed by atoms with Crippen LogP contribution in [0.1, 0.15) is 30.1 Å². The Balaban J connectivity index is 3.21. The number of hydrogen-bond acceptors (Lipinski definition) is 7. The molecule has 0 spiro atoms. The van der Waals surface area contributed by atoms with Crippen molar-refractivity contribution in [1.29, 1.82) is 0 Å². The zero-order valence-electron chi connectivity index (χ0n) is 11.1. The number of carbonyl (C=O) groups excluding carboxylic acids is 1. The second kappa shape index (κ2) is 7.03. The first-order valence-corrected chi connectivity index (χ1v) is 5.99. The van der Waals surface area contributed by atoms with Crippen LogP contribution in [0.15, 0.2) is 23.5 Å². The number of non-ortho nitro benzene ring substituents is 2. The van der Waals surface area contributed by atoms with E-state index in [4.69, 9.17) is 0 Å². The molecule has 0 N–H and O–H groups in total. The van der Waals surface area contributed by atoms with Crippen molar-refractivity contribution in [3.63, 3.8) is 0 Å². The molecule has 1 rings (SSSR count). The molecular formula is C11H12N4O6. The topological polar surface area (TPSA) is 136 Å². The summed E-state index contributed by atoms with van der Waals surface area (Å²) in [5.74, 6) is -0.912. The fraction of sp³-hybridized carbons (Fsp3) is 0.364. The van der Waals surface area contributed by atoms with Gasteiger partial charge in [0, 0.05) is 18.7 Å². The van der Waals surface area contributed by atoms with Crippen molar-refractivity contribution in [2.24, 2.45) is 5.29 Å². The summed E-state index contributed by atoms with van der Waals surface area (Å²) in [6.07, 6.45) is 1.21. The van der Waals surface area contributed by atoms with Crippen LogP contribution in [0.25, 0.3) is 0 Å². The summed E-state index contributed by atoms with van der Waals surface area (Å²) in [6, 6.07) is 2.49. The third-order valence-corrected chi connectivity index (χ3v) is 2.63. The molecule has 1 aromatic carbocycles. The van der Waals surface area contributed by atoms with Crippen LogP contribution in [0.2, 0.25) is 0 Å². The van der Waals surface area contributed by atoms with E-state index in [0.29, 0.717) is 17.9 Å². The van der Waals surface area contributed by atoms with Crippen molar-refractivity contribution < 1.29 is 14.6 Å². The fourth-order valence-electron chi connectivity index (χ4n) is 1.57. The first-order chi connectivity index (χ1) is 9.90. The van der Waals surface area contributed by atoms with Gasteiger partial charge in [-0.2, -0.15) is 5.01 Å². The molecule has 0 radical (unpaired) electrons. The highest BCUT2D eigenvalue weighted by atomic mass is 16.6. The second-order valence-electron chi connectivity index (χ2n) is 4.12. The van der Waals surface area contributed by atoms with Crippen LogP contribution in [0.5, 0.6) is 0 Å². The Morgan fingerprint density at radius 3 is 2.10 bits per heavy atom. The van der Waals surface area contributed by atoms with Crippen LogP contribution >= 0.6 is 0 Å². The smallest absolute Gasteiger partial charge is 0.267 e. The van der Waals surface area contributed by atoms with Gasteiger partial charge < -0.3 is 0 Å². The monoisotopic (exact) mass is 296 g/mol. The molecule has 1 amide bonds. The predicted molar refractivity (Wildman–Crippen MR) is 71.5 cm³/mol. The summed E-state index contributed by atoms with van der Waals surface area (Å²) >= 11 is 0. The first-order valence-electron chi connectivity index (χ1n) is 5.99. The molecule has 10 heteroatoms. The lowest BCUT2D eigenvalue weighted by atomic mass is 10.1. The average Bonchev–Trinajstić information content (AvgIpc) is 2.47. The molecule has 0 saturated heterocycles. The van der Waals surface area contributed by atoms with Crippen molar-refractivity contribution in [1.82, 2.24) is 5.01 Å². The van der Waals surface area contributed by atoms with Gasteiger partial charge in [0.25, 0.3) is 17.3 Å². The maximum atomic E-state index is 12.0. The molecule has 0 fully saturated rings. The fourth-order valence-corrected chi connectivity index (χ4v) is 1.57. The molecule has 0 aromatic heterocycles. The molecule has 0 aliphatic rings. The van der Waals surface area contributed by atoms with Crippen molar-refractivity contribution in [2.45, 2.75) is 19.8 Å². The largest absolute Gasteiger partial charge is 0.277 e. The molecule has 21 heavy (non-hydrogen) atoms. The minimum atomic E-state index is -0.912. The summed E-state index contributed by atoms with van der Waals surface area (Å²) in [5, 5.41) is 24.6. The SMILES string of the molecule is CCCCN(N=O)C(=O)c1cc([N+](=O)[O-])cc([N+](=O)[O-])c1. The number of nitrogens with zero attached hydrogens (tertiary/aromatic N) is 4. The van der Waals surface area contributed by atoms with Crippen molar-refractivity contribution in [3.05, 3.63) is 48.9 Å². The average molecular weight is 296 g/mol. The van der Waals surface area contributed by atoms with Crippen LogP contribution in [0, 0.1) is 25.1 Å². The summed E-state index contributed by atoms with van der Waals surface area (Å²) < 4.78 is 0. The van der Waals surface area contributed by atoms with Crippen molar-refractivity contribution in [3.8, 4) is 0 Å². The van der Waals surface area contributed by atoms with E-state index in [9.17, 15) is 29.9 Å². The van der Waals surface area contributed by atoms with Gasteiger partial charge in [-0.15, -0.1) is 4.91 Å². The van der Waals surface area contributed by atoms with Gasteiger partial charge >= 0.3 is 0 Å². The minimum absolute atomic E-state index is 0.0370. The summed E-state index contributed by atoms with van der Waals surface area (Å²) in [6.45, 7) is 1.88. The van der Waals surface area contributed by atoms with E-state index in [1.54, 1.807) is 0 Å². The summed E-state index contributed by atoms with van der Waals surface area (Å²) in [5.41, 5.74) is -1.53. The molecule has 0 atom stereocenters. The second-order valence-corrected chi connectivity index (χ2v) is 4.12. The van der Waals surface area contributed by atoms with E-state index in [0.717, 1.165) is 18.2 Å². The number of nitro benzene ring substituents is 2. The van der Waals surface area contributed by atoms with Crippen LogP contribution in [-0.4, -0.2) is 27.3 Å². The van der Waals surface area contributed by atoms with Crippen molar-refractivity contribution >= 4 is 17.3 Å². The maximum Gasteiger partial charge on any atom is 0.277 e. The van der Waals surface area contributed by atoms with Gasteiger partial charge in [0.15, 0.2) is 0 Å². The maximum absolute atomic E-state index is 12.0. The Bertz CT molecular complexity index is 556. The standard InChI is InChI=1S/C11H12N4O6/c1-2-3-4-13(12-17)11(16)8-5-9(14(18)19)7-10(6-8)15(20)21/h5-7H,2-4H2,1H3. The Hall–Kier alpha value is -2.91. The predicted octanol–water partition coefficient (Wildman–Crippen LogP) is 2.43. The molecule has 0 heterocycles. The minimum Gasteiger partial charge on any atom is -0.267 e. The molecule has 10 nitrogen and oxygen atoms in total. The zero-order chi connectivity index (χ0) is 16.0. The number of unbranched alkanes of at least 4 members (excludes halogenated alkanes) is 1. The van der Waals surface area contributed by atoms with E-state index in [1.807, 2.05) is 6.92 Å². The van der Waals surface area contributed by atoms with Gasteiger partial charge in [0.1, 0.15) is 0 Å². The normalized spacial score (nSPS) is 9.95. The molecule has 0 saturated carbocycles. The molecular weight excluding hydrogens is 284 g/mol. The number of benzene rings is 1. The van der Waals surface area contributed by atoms with Gasteiger partial charge in [0.05, 0.1) is 26.8 Å². The highest BCUT2D eigenvalue weighted by molar-refractivity contribution is 5.95. The Morgan fingerprint density at radius 1 is 1.19 bits per heavy atom. The molecule has 0 aliphatic carbocycles. The highest BCUT2D eigenvalue weighted by Crippen LogP contribution is 2.23. The van der Waals surface area contributed by atoms with Gasteiger partial charge in [0.2, 0.25) is 0 Å². The highest BCUT2D eigenvalue weighted by Gasteiger charge is 2.23. The summed E-state index contributed by atoms with van der Waals surface area (Å²) in [7, 11) is 0. The van der Waals surface area contributed by atoms with Gasteiger partial charge in [-0.3, -0.25) is 25.0 Å². The quantitative estimate of drug-likeness (QED) is 0.430. The third-order valence-electron chi connectivity index (χ3n) is 2.63. The Labute approximate surface area is 118 Å². The van der Waals surface area contributed by atoms with Gasteiger partial charge in [-0.1, -0.05) is 13.3 Å². The van der Waals surface area contributed by atoms with Crippen LogP contribution in [-0.2, 0) is 0 Å². The summed E-state index contributed by atoms with van der Waals surface area (Å²) in [4.78, 5) is 42.4. The molecule has 0 aliphatic heterocycles. The first kappa shape index (κ1) is 16.1. The number of hydrogen-bond donors (Lipinski definition) is 0. The van der Waals surface area contributed by atoms with Crippen LogP contribution < -0.4 is 0 Å². The van der Waals surface area contributed by atoms with Crippen LogP contribution in [0.3, 0.4) is 0 Å². The van der Waals surface area contributed by atoms with E-state index < -0.39 is 27.1 Å².